The number of carbonyl (C=O) groups is 4. The summed E-state index contributed by atoms with van der Waals surface area (Å²) < 4.78 is 5.07. The molecular formula is C33H32ClN3O5. The zero-order chi connectivity index (χ0) is 29.6. The molecule has 5 rings (SSSR count). The predicted octanol–water partition coefficient (Wildman–Crippen LogP) is 5.04. The van der Waals surface area contributed by atoms with Gasteiger partial charge in [-0.2, -0.15) is 0 Å². The fraction of sp³-hybridized carbons (Fsp3) is 0.273. The monoisotopic (exact) mass is 585 g/mol. The van der Waals surface area contributed by atoms with Crippen molar-refractivity contribution in [2.45, 2.75) is 32.9 Å². The van der Waals surface area contributed by atoms with Crippen molar-refractivity contribution in [3.8, 4) is 0 Å². The fourth-order valence-electron chi connectivity index (χ4n) is 5.16. The first kappa shape index (κ1) is 29.1. The van der Waals surface area contributed by atoms with Crippen molar-refractivity contribution in [3.05, 3.63) is 112 Å². The van der Waals surface area contributed by atoms with Crippen LogP contribution in [0.4, 0.5) is 5.69 Å². The Balaban J connectivity index is 1.41. The van der Waals surface area contributed by atoms with Crippen LogP contribution < -0.4 is 4.90 Å². The molecule has 42 heavy (non-hydrogen) atoms. The third-order valence-corrected chi connectivity index (χ3v) is 7.62. The molecule has 0 unspecified atom stereocenters. The van der Waals surface area contributed by atoms with Crippen LogP contribution in [0.2, 0.25) is 5.02 Å². The lowest BCUT2D eigenvalue weighted by atomic mass is 10.0. The molecule has 3 aromatic carbocycles. The molecule has 2 aliphatic heterocycles. The molecule has 2 aliphatic rings. The molecule has 3 aromatic rings. The van der Waals surface area contributed by atoms with Crippen molar-refractivity contribution in [3.63, 3.8) is 0 Å². The smallest absolute Gasteiger partial charge is 0.306 e. The van der Waals surface area contributed by atoms with E-state index in [0.717, 1.165) is 16.7 Å². The van der Waals surface area contributed by atoms with Crippen molar-refractivity contribution in [2.24, 2.45) is 0 Å². The summed E-state index contributed by atoms with van der Waals surface area (Å²) in [6.45, 7) is 3.70. The molecule has 9 heteroatoms. The number of esters is 1. The third-order valence-electron chi connectivity index (χ3n) is 7.37. The van der Waals surface area contributed by atoms with E-state index < -0.39 is 0 Å². The molecule has 8 nitrogen and oxygen atoms in total. The van der Waals surface area contributed by atoms with E-state index >= 15 is 0 Å². The third kappa shape index (κ3) is 6.71. The minimum Gasteiger partial charge on any atom is -0.466 e. The Morgan fingerprint density at radius 3 is 2.10 bits per heavy atom. The minimum absolute atomic E-state index is 0.0329. The molecule has 0 aromatic heterocycles. The van der Waals surface area contributed by atoms with Crippen molar-refractivity contribution in [1.82, 2.24) is 9.80 Å². The van der Waals surface area contributed by atoms with Crippen LogP contribution in [0.5, 0.6) is 0 Å². The molecule has 0 atom stereocenters. The molecule has 0 bridgehead atoms. The number of amides is 3. The fourth-order valence-corrected chi connectivity index (χ4v) is 5.29. The highest BCUT2D eigenvalue weighted by molar-refractivity contribution is 6.30. The molecule has 0 radical (unpaired) electrons. The molecule has 216 valence electrons. The largest absolute Gasteiger partial charge is 0.466 e. The van der Waals surface area contributed by atoms with Crippen LogP contribution in [-0.2, 0) is 33.8 Å². The van der Waals surface area contributed by atoms with Gasteiger partial charge in [-0.25, -0.2) is 0 Å². The number of aryl methyl sites for hydroxylation is 1. The first-order valence-electron chi connectivity index (χ1n) is 14.0. The summed E-state index contributed by atoms with van der Waals surface area (Å²) in [5, 5.41) is 0.520. The van der Waals surface area contributed by atoms with Gasteiger partial charge in [0.15, 0.2) is 0 Å². The van der Waals surface area contributed by atoms with Crippen LogP contribution in [0, 0.1) is 0 Å². The van der Waals surface area contributed by atoms with Gasteiger partial charge in [0, 0.05) is 47.9 Å². The van der Waals surface area contributed by atoms with Gasteiger partial charge >= 0.3 is 5.97 Å². The predicted molar refractivity (Wildman–Crippen MR) is 160 cm³/mol. The molecule has 0 spiro atoms. The van der Waals surface area contributed by atoms with Gasteiger partial charge in [-0.05, 0) is 72.5 Å². The van der Waals surface area contributed by atoms with E-state index in [4.69, 9.17) is 16.3 Å². The number of fused-ring (bicyclic) bond motifs is 1. The topological polar surface area (TPSA) is 87.2 Å². The van der Waals surface area contributed by atoms with Gasteiger partial charge in [0.25, 0.3) is 11.8 Å². The molecule has 0 aliphatic carbocycles. The van der Waals surface area contributed by atoms with Crippen molar-refractivity contribution in [1.29, 1.82) is 0 Å². The second-order valence-electron chi connectivity index (χ2n) is 10.3. The van der Waals surface area contributed by atoms with Crippen molar-refractivity contribution < 1.29 is 23.9 Å². The number of ether oxygens (including phenoxy) is 1. The summed E-state index contributed by atoms with van der Waals surface area (Å²) in [5.41, 5.74) is 4.31. The summed E-state index contributed by atoms with van der Waals surface area (Å²) in [6.07, 6.45) is 4.66. The summed E-state index contributed by atoms with van der Waals surface area (Å²) in [6, 6.07) is 19.6. The number of rotatable bonds is 8. The Labute approximate surface area is 250 Å². The SMILES string of the molecule is CCOC(=O)CCc1ccc2c(c1)CN(C(=O)c1ccc(Cl)cc1)CC(=O)N2Cc1ccc(C(=O)N2CC=CC2)cc1. The summed E-state index contributed by atoms with van der Waals surface area (Å²) >= 11 is 6.02. The van der Waals surface area contributed by atoms with E-state index in [1.807, 2.05) is 42.5 Å². The molecule has 0 saturated heterocycles. The Bertz CT molecular complexity index is 1510. The summed E-state index contributed by atoms with van der Waals surface area (Å²) in [4.78, 5) is 56.8. The Kier molecular flexibility index (Phi) is 9.03. The second-order valence-corrected chi connectivity index (χ2v) is 10.7. The van der Waals surface area contributed by atoms with Crippen LogP contribution in [-0.4, -0.2) is 59.7 Å². The molecule has 0 fully saturated rings. The number of halogens is 1. The number of hydrogen-bond acceptors (Lipinski definition) is 5. The maximum Gasteiger partial charge on any atom is 0.306 e. The highest BCUT2D eigenvalue weighted by Crippen LogP contribution is 2.30. The lowest BCUT2D eigenvalue weighted by Gasteiger charge is -2.24. The van der Waals surface area contributed by atoms with Gasteiger partial charge in [-0.3, -0.25) is 19.2 Å². The van der Waals surface area contributed by atoms with Gasteiger partial charge in [0.2, 0.25) is 5.91 Å². The number of benzene rings is 3. The summed E-state index contributed by atoms with van der Waals surface area (Å²) in [7, 11) is 0. The van der Waals surface area contributed by atoms with E-state index in [1.54, 1.807) is 53.1 Å². The number of anilines is 1. The number of nitrogens with zero attached hydrogens (tertiary/aromatic N) is 3. The lowest BCUT2D eigenvalue weighted by Crippen LogP contribution is -2.39. The van der Waals surface area contributed by atoms with Gasteiger partial charge < -0.3 is 19.4 Å². The summed E-state index contributed by atoms with van der Waals surface area (Å²) in [5.74, 6) is -0.802. The van der Waals surface area contributed by atoms with Gasteiger partial charge in [0.1, 0.15) is 6.54 Å². The Morgan fingerprint density at radius 1 is 0.810 bits per heavy atom. The molecule has 3 amide bonds. The second kappa shape index (κ2) is 13.0. The van der Waals surface area contributed by atoms with Gasteiger partial charge in [-0.15, -0.1) is 0 Å². The van der Waals surface area contributed by atoms with E-state index in [1.165, 1.54) is 4.90 Å². The van der Waals surface area contributed by atoms with Crippen molar-refractivity contribution >= 4 is 41.0 Å². The number of carbonyl (C=O) groups excluding carboxylic acids is 4. The maximum atomic E-state index is 13.7. The average molecular weight is 586 g/mol. The van der Waals surface area contributed by atoms with E-state index in [9.17, 15) is 19.2 Å². The van der Waals surface area contributed by atoms with E-state index in [-0.39, 0.29) is 49.7 Å². The average Bonchev–Trinajstić information content (AvgIpc) is 3.50. The molecular weight excluding hydrogens is 554 g/mol. The first-order chi connectivity index (χ1) is 20.3. The van der Waals surface area contributed by atoms with E-state index in [0.29, 0.717) is 48.0 Å². The van der Waals surface area contributed by atoms with E-state index in [2.05, 4.69) is 0 Å². The van der Waals surface area contributed by atoms with Crippen LogP contribution in [0.3, 0.4) is 0 Å². The normalized spacial score (nSPS) is 14.5. The first-order valence-corrected chi connectivity index (χ1v) is 14.4. The highest BCUT2D eigenvalue weighted by Gasteiger charge is 2.30. The van der Waals surface area contributed by atoms with Gasteiger partial charge in [0.05, 0.1) is 13.2 Å². The standard InChI is InChI=1S/C33H32ClN3O5/c1-2-42-31(39)16-8-23-7-15-29-27(19-23)21-36(33(41)26-11-13-28(34)14-12-26)22-30(38)37(29)20-24-5-9-25(10-6-24)32(40)35-17-3-4-18-35/h3-7,9-15,19H,2,8,16-18,20-22H2,1H3. The van der Waals surface area contributed by atoms with Crippen LogP contribution in [0.25, 0.3) is 0 Å². The van der Waals surface area contributed by atoms with Crippen LogP contribution >= 0.6 is 11.6 Å². The Hall–Kier alpha value is -4.43. The number of hydrogen-bond donors (Lipinski definition) is 0. The van der Waals surface area contributed by atoms with Gasteiger partial charge in [-0.1, -0.05) is 48.0 Å². The quantitative estimate of drug-likeness (QED) is 0.273. The maximum absolute atomic E-state index is 13.7. The molecule has 0 saturated carbocycles. The van der Waals surface area contributed by atoms with Crippen LogP contribution in [0.1, 0.15) is 50.8 Å². The highest BCUT2D eigenvalue weighted by atomic mass is 35.5. The van der Waals surface area contributed by atoms with Crippen molar-refractivity contribution in [2.75, 3.05) is 31.1 Å². The minimum atomic E-state index is -0.274. The molecule has 0 N–H and O–H groups in total. The Morgan fingerprint density at radius 2 is 1.43 bits per heavy atom. The molecule has 2 heterocycles. The lowest BCUT2D eigenvalue weighted by molar-refractivity contribution is -0.143. The zero-order valence-corrected chi connectivity index (χ0v) is 24.2. The van der Waals surface area contributed by atoms with Crippen LogP contribution in [0.15, 0.2) is 78.9 Å². The zero-order valence-electron chi connectivity index (χ0n) is 23.4.